The van der Waals surface area contributed by atoms with Gasteiger partial charge >= 0.3 is 0 Å². The maximum Gasteiger partial charge on any atom is 0.128 e. The first kappa shape index (κ1) is 25.8. The Labute approximate surface area is 212 Å². The SMILES string of the molecule is CC(=NO)c1cc(Br)ccc1OC1CCCC1.O=CCc1cc(Br)ccc1OC1CCCC1. The molecular formula is C26H31Br2NO4. The molecule has 0 saturated heterocycles. The summed E-state index contributed by atoms with van der Waals surface area (Å²) >= 11 is 6.82. The Bertz CT molecular complexity index is 951. The number of rotatable bonds is 7. The lowest BCUT2D eigenvalue weighted by Gasteiger charge is -2.16. The Balaban J connectivity index is 0.000000186. The van der Waals surface area contributed by atoms with E-state index < -0.39 is 0 Å². The second-order valence-corrected chi connectivity index (χ2v) is 10.3. The highest BCUT2D eigenvalue weighted by molar-refractivity contribution is 9.10. The van der Waals surface area contributed by atoms with Crippen LogP contribution in [0.15, 0.2) is 50.5 Å². The Morgan fingerprint density at radius 2 is 1.45 bits per heavy atom. The fraction of sp³-hybridized carbons (Fsp3) is 0.462. The highest BCUT2D eigenvalue weighted by Gasteiger charge is 2.19. The second kappa shape index (κ2) is 13.1. The van der Waals surface area contributed by atoms with Gasteiger partial charge in [-0.1, -0.05) is 37.0 Å². The van der Waals surface area contributed by atoms with Crippen LogP contribution in [0.25, 0.3) is 0 Å². The van der Waals surface area contributed by atoms with Gasteiger partial charge in [0.15, 0.2) is 0 Å². The third-order valence-corrected chi connectivity index (χ3v) is 6.99. The summed E-state index contributed by atoms with van der Waals surface area (Å²) in [7, 11) is 0. The third kappa shape index (κ3) is 7.85. The molecule has 2 saturated carbocycles. The topological polar surface area (TPSA) is 68.1 Å². The maximum atomic E-state index is 10.6. The molecule has 0 radical (unpaired) electrons. The molecule has 7 heteroatoms. The first-order valence-corrected chi connectivity index (χ1v) is 13.1. The molecule has 2 aromatic carbocycles. The van der Waals surface area contributed by atoms with Crippen molar-refractivity contribution < 1.29 is 19.5 Å². The van der Waals surface area contributed by atoms with Crippen molar-refractivity contribution in [1.29, 1.82) is 0 Å². The number of ether oxygens (including phenoxy) is 2. The van der Waals surface area contributed by atoms with Gasteiger partial charge in [0, 0.05) is 26.5 Å². The Hall–Kier alpha value is -1.86. The van der Waals surface area contributed by atoms with Crippen molar-refractivity contribution in [2.45, 2.75) is 76.9 Å². The van der Waals surface area contributed by atoms with Crippen molar-refractivity contribution in [1.82, 2.24) is 0 Å². The molecule has 0 bridgehead atoms. The van der Waals surface area contributed by atoms with Crippen LogP contribution < -0.4 is 9.47 Å². The second-order valence-electron chi connectivity index (χ2n) is 8.50. The van der Waals surface area contributed by atoms with Gasteiger partial charge in [0.05, 0.1) is 17.9 Å². The van der Waals surface area contributed by atoms with E-state index in [0.717, 1.165) is 63.5 Å². The molecular weight excluding hydrogens is 550 g/mol. The molecule has 1 N–H and O–H groups in total. The summed E-state index contributed by atoms with van der Waals surface area (Å²) in [5.74, 6) is 1.66. The van der Waals surface area contributed by atoms with E-state index >= 15 is 0 Å². The first-order valence-electron chi connectivity index (χ1n) is 11.5. The molecule has 2 fully saturated rings. The minimum Gasteiger partial charge on any atom is -0.490 e. The Morgan fingerprint density at radius 3 is 2.00 bits per heavy atom. The largest absolute Gasteiger partial charge is 0.490 e. The summed E-state index contributed by atoms with van der Waals surface area (Å²) in [5, 5.41) is 12.1. The normalized spacial score (nSPS) is 16.9. The predicted octanol–water partition coefficient (Wildman–Crippen LogP) is 7.48. The zero-order chi connectivity index (χ0) is 23.6. The molecule has 178 valence electrons. The van der Waals surface area contributed by atoms with Gasteiger partial charge in [-0.2, -0.15) is 0 Å². The highest BCUT2D eigenvalue weighted by Crippen LogP contribution is 2.30. The molecule has 2 aliphatic carbocycles. The predicted molar refractivity (Wildman–Crippen MR) is 138 cm³/mol. The number of hydrogen-bond donors (Lipinski definition) is 1. The summed E-state index contributed by atoms with van der Waals surface area (Å²) in [6, 6.07) is 11.6. The average Bonchev–Trinajstić information content (AvgIpc) is 3.51. The Kier molecular flexibility index (Phi) is 10.3. The molecule has 0 atom stereocenters. The summed E-state index contributed by atoms with van der Waals surface area (Å²) < 4.78 is 13.8. The van der Waals surface area contributed by atoms with Gasteiger partial charge in [-0.05, 0) is 94.7 Å². The zero-order valence-corrected chi connectivity index (χ0v) is 22.1. The summed E-state index contributed by atoms with van der Waals surface area (Å²) in [6.07, 6.45) is 11.5. The van der Waals surface area contributed by atoms with Gasteiger partial charge in [0.1, 0.15) is 17.8 Å². The summed E-state index contributed by atoms with van der Waals surface area (Å²) in [4.78, 5) is 10.6. The quantitative estimate of drug-likeness (QED) is 0.159. The number of benzene rings is 2. The van der Waals surface area contributed by atoms with Gasteiger partial charge in [0.25, 0.3) is 0 Å². The highest BCUT2D eigenvalue weighted by atomic mass is 79.9. The number of aldehydes is 1. The summed E-state index contributed by atoms with van der Waals surface area (Å²) in [6.45, 7) is 1.77. The molecule has 2 aliphatic rings. The molecule has 0 aliphatic heterocycles. The molecule has 0 spiro atoms. The molecule has 0 unspecified atom stereocenters. The fourth-order valence-electron chi connectivity index (χ4n) is 4.23. The van der Waals surface area contributed by atoms with E-state index in [1.165, 1.54) is 25.7 Å². The lowest BCUT2D eigenvalue weighted by molar-refractivity contribution is -0.107. The van der Waals surface area contributed by atoms with Crippen LogP contribution in [0.2, 0.25) is 0 Å². The monoisotopic (exact) mass is 579 g/mol. The van der Waals surface area contributed by atoms with E-state index in [9.17, 15) is 4.79 Å². The lowest BCUT2D eigenvalue weighted by Crippen LogP contribution is -2.13. The first-order chi connectivity index (χ1) is 16.0. The summed E-state index contributed by atoms with van der Waals surface area (Å²) in [5.41, 5.74) is 2.38. The van der Waals surface area contributed by atoms with E-state index in [4.69, 9.17) is 14.7 Å². The minimum atomic E-state index is 0.307. The van der Waals surface area contributed by atoms with E-state index in [1.807, 2.05) is 36.4 Å². The maximum absolute atomic E-state index is 10.6. The van der Waals surface area contributed by atoms with Crippen molar-refractivity contribution in [3.8, 4) is 11.5 Å². The number of halogens is 2. The van der Waals surface area contributed by atoms with E-state index in [2.05, 4.69) is 37.0 Å². The van der Waals surface area contributed by atoms with Gasteiger partial charge in [-0.25, -0.2) is 0 Å². The lowest BCUT2D eigenvalue weighted by atomic mass is 10.1. The standard InChI is InChI=1S/C13H16BrNO2.C13H15BrO2/c1-9(15-16)12-8-10(14)6-7-13(12)17-11-4-2-3-5-11;14-11-5-6-13(10(9-11)7-8-15)16-12-3-1-2-4-12/h6-8,11,16H,2-5H2,1H3;5-6,8-9,12H,1-4,7H2. The van der Waals surface area contributed by atoms with Gasteiger partial charge in [-0.15, -0.1) is 0 Å². The van der Waals surface area contributed by atoms with Crippen molar-refractivity contribution >= 4 is 43.9 Å². The molecule has 4 rings (SSSR count). The van der Waals surface area contributed by atoms with E-state index in [0.29, 0.717) is 24.3 Å². The van der Waals surface area contributed by atoms with Crippen molar-refractivity contribution in [3.63, 3.8) is 0 Å². The van der Waals surface area contributed by atoms with Crippen LogP contribution in [-0.4, -0.2) is 29.4 Å². The molecule has 0 amide bonds. The Morgan fingerprint density at radius 1 is 0.939 bits per heavy atom. The molecule has 33 heavy (non-hydrogen) atoms. The van der Waals surface area contributed by atoms with Crippen LogP contribution >= 0.6 is 31.9 Å². The zero-order valence-electron chi connectivity index (χ0n) is 18.9. The van der Waals surface area contributed by atoms with Gasteiger partial charge in [-0.3, -0.25) is 0 Å². The minimum absolute atomic E-state index is 0.307. The van der Waals surface area contributed by atoms with E-state index in [-0.39, 0.29) is 0 Å². The van der Waals surface area contributed by atoms with Crippen LogP contribution in [0, 0.1) is 0 Å². The van der Waals surface area contributed by atoms with E-state index in [1.54, 1.807) is 6.92 Å². The van der Waals surface area contributed by atoms with Crippen LogP contribution in [0.4, 0.5) is 0 Å². The molecule has 2 aromatic rings. The number of nitrogens with zero attached hydrogens (tertiary/aromatic N) is 1. The van der Waals surface area contributed by atoms with Crippen LogP contribution in [0.3, 0.4) is 0 Å². The van der Waals surface area contributed by atoms with Gasteiger partial charge < -0.3 is 19.5 Å². The smallest absolute Gasteiger partial charge is 0.128 e. The molecule has 5 nitrogen and oxygen atoms in total. The number of oxime groups is 1. The van der Waals surface area contributed by atoms with Crippen LogP contribution in [0.1, 0.15) is 69.4 Å². The third-order valence-electron chi connectivity index (χ3n) is 6.00. The average molecular weight is 581 g/mol. The van der Waals surface area contributed by atoms with Crippen LogP contribution in [0.5, 0.6) is 11.5 Å². The van der Waals surface area contributed by atoms with Crippen molar-refractivity contribution in [2.24, 2.45) is 5.16 Å². The van der Waals surface area contributed by atoms with Gasteiger partial charge in [0.2, 0.25) is 0 Å². The molecule has 0 aromatic heterocycles. The van der Waals surface area contributed by atoms with Crippen molar-refractivity contribution in [2.75, 3.05) is 0 Å². The van der Waals surface area contributed by atoms with Crippen molar-refractivity contribution in [3.05, 3.63) is 56.5 Å². The number of carbonyl (C=O) groups is 1. The molecule has 0 heterocycles. The number of hydrogen-bond acceptors (Lipinski definition) is 5. The number of carbonyl (C=O) groups excluding carboxylic acids is 1. The van der Waals surface area contributed by atoms with Crippen LogP contribution in [-0.2, 0) is 11.2 Å². The fourth-order valence-corrected chi connectivity index (χ4v) is 4.99.